The van der Waals surface area contributed by atoms with Crippen molar-refractivity contribution in [1.29, 1.82) is 0 Å². The third-order valence-corrected chi connectivity index (χ3v) is 1.59. The smallest absolute Gasteiger partial charge is 0.327 e. The molecule has 0 saturated heterocycles. The van der Waals surface area contributed by atoms with Crippen molar-refractivity contribution < 1.29 is 23.4 Å². The molecule has 0 spiro atoms. The highest BCUT2D eigenvalue weighted by atomic mass is 28.3. The molecule has 0 aromatic heterocycles. The Bertz CT molecular complexity index is 129. The molecule has 0 heterocycles. The van der Waals surface area contributed by atoms with Crippen molar-refractivity contribution in [2.75, 3.05) is 6.61 Å². The predicted molar refractivity (Wildman–Crippen MR) is 41.1 cm³/mol. The monoisotopic (exact) mass is 194 g/mol. The van der Waals surface area contributed by atoms with E-state index in [-0.39, 0.29) is 6.10 Å². The van der Waals surface area contributed by atoms with Crippen molar-refractivity contribution in [3.05, 3.63) is 0 Å². The molecule has 0 aliphatic rings. The van der Waals surface area contributed by atoms with E-state index in [1.165, 1.54) is 0 Å². The fourth-order valence-electron chi connectivity index (χ4n) is 0.310. The first-order chi connectivity index (χ1) is 5.70. The van der Waals surface area contributed by atoms with Crippen LogP contribution in [0.4, 0.5) is 0 Å². The first-order valence-corrected chi connectivity index (χ1v) is 5.09. The molecule has 0 aliphatic carbocycles. The lowest BCUT2D eigenvalue weighted by atomic mass is 10.3. The minimum Gasteiger partial charge on any atom is -0.327 e. The molecule has 72 valence electrons. The summed E-state index contributed by atoms with van der Waals surface area (Å²) in [6.07, 6.45) is 0.688. The molecular formula is C6H14O5Si. The molecule has 0 amide bonds. The zero-order valence-corrected chi connectivity index (χ0v) is 8.53. The summed E-state index contributed by atoms with van der Waals surface area (Å²) < 4.78 is 19.4. The Morgan fingerprint density at radius 3 is 2.50 bits per heavy atom. The Morgan fingerprint density at radius 1 is 1.33 bits per heavy atom. The van der Waals surface area contributed by atoms with Gasteiger partial charge in [-0.3, -0.25) is 4.46 Å². The maximum absolute atomic E-state index is 10.7. The summed E-state index contributed by atoms with van der Waals surface area (Å²) >= 11 is 0. The van der Waals surface area contributed by atoms with Crippen LogP contribution in [-0.4, -0.2) is 21.9 Å². The summed E-state index contributed by atoms with van der Waals surface area (Å²) in [5.41, 5.74) is 0. The van der Waals surface area contributed by atoms with Crippen LogP contribution in [0.3, 0.4) is 0 Å². The average molecular weight is 194 g/mol. The molecule has 0 saturated carbocycles. The van der Waals surface area contributed by atoms with Crippen LogP contribution >= 0.6 is 0 Å². The number of hydrogen-bond donors (Lipinski definition) is 0. The largest absolute Gasteiger partial charge is 0.834 e. The van der Waals surface area contributed by atoms with E-state index in [2.05, 4.69) is 18.9 Å². The number of hydrogen-bond acceptors (Lipinski definition) is 5. The van der Waals surface area contributed by atoms with Crippen molar-refractivity contribution in [3.63, 3.8) is 0 Å². The van der Waals surface area contributed by atoms with Crippen LogP contribution in [0.25, 0.3) is 0 Å². The zero-order chi connectivity index (χ0) is 9.40. The van der Waals surface area contributed by atoms with Gasteiger partial charge in [-0.15, -0.1) is 0 Å². The van der Waals surface area contributed by atoms with Gasteiger partial charge in [0.2, 0.25) is 0 Å². The van der Waals surface area contributed by atoms with E-state index in [9.17, 15) is 4.46 Å². The van der Waals surface area contributed by atoms with Crippen LogP contribution in [0.5, 0.6) is 0 Å². The van der Waals surface area contributed by atoms with Gasteiger partial charge in [-0.25, -0.2) is 0 Å². The van der Waals surface area contributed by atoms with Crippen LogP contribution in [0.15, 0.2) is 0 Å². The van der Waals surface area contributed by atoms with E-state index in [0.717, 1.165) is 6.42 Å². The van der Waals surface area contributed by atoms with E-state index in [0.29, 0.717) is 6.61 Å². The maximum Gasteiger partial charge on any atom is 0.834 e. The molecule has 5 nitrogen and oxygen atoms in total. The minimum absolute atomic E-state index is 0.0934. The van der Waals surface area contributed by atoms with Gasteiger partial charge in [0.05, 0.1) is 6.61 Å². The lowest BCUT2D eigenvalue weighted by Crippen LogP contribution is -2.17. The van der Waals surface area contributed by atoms with Crippen molar-refractivity contribution in [2.24, 2.45) is 0 Å². The molecule has 6 heteroatoms. The molecule has 0 aliphatic heterocycles. The van der Waals surface area contributed by atoms with Crippen LogP contribution in [-0.2, 0) is 23.4 Å². The molecule has 0 bridgehead atoms. The molecule has 0 N–H and O–H groups in total. The van der Waals surface area contributed by atoms with E-state index in [1.807, 2.05) is 6.92 Å². The van der Waals surface area contributed by atoms with E-state index < -0.39 is 9.17 Å². The summed E-state index contributed by atoms with van der Waals surface area (Å²) in [6.45, 7) is 5.76. The minimum atomic E-state index is -2.65. The standard InChI is InChI=1S/C6H14O5Si/c1-4-6(3)9-11-12(7)10-8-5-2/h6H,4-5H2,1-3H3. The topological polar surface area (TPSA) is 54.0 Å². The van der Waals surface area contributed by atoms with Gasteiger partial charge in [0, 0.05) is 0 Å². The Kier molecular flexibility index (Phi) is 6.92. The second kappa shape index (κ2) is 7.20. The second-order valence-corrected chi connectivity index (χ2v) is 2.97. The molecule has 0 aromatic carbocycles. The fourth-order valence-corrected chi connectivity index (χ4v) is 0.795. The summed E-state index contributed by atoms with van der Waals surface area (Å²) in [6, 6.07) is 0. The highest BCUT2D eigenvalue weighted by molar-refractivity contribution is 6.25. The fraction of sp³-hybridized carbons (Fsp3) is 1.00. The molecule has 0 rings (SSSR count). The summed E-state index contributed by atoms with van der Waals surface area (Å²) in [5, 5.41) is 0. The second-order valence-electron chi connectivity index (χ2n) is 2.14. The van der Waals surface area contributed by atoms with Crippen LogP contribution in [0.1, 0.15) is 27.2 Å². The van der Waals surface area contributed by atoms with Crippen molar-refractivity contribution in [2.45, 2.75) is 33.3 Å². The first-order valence-electron chi connectivity index (χ1n) is 3.87. The van der Waals surface area contributed by atoms with Gasteiger partial charge in [-0.1, -0.05) is 6.92 Å². The summed E-state index contributed by atoms with van der Waals surface area (Å²) in [4.78, 5) is 9.07. The van der Waals surface area contributed by atoms with Crippen LogP contribution < -0.4 is 0 Å². The zero-order valence-electron chi connectivity index (χ0n) is 7.53. The summed E-state index contributed by atoms with van der Waals surface area (Å²) in [5.74, 6) is 0. The third-order valence-electron chi connectivity index (χ3n) is 1.10. The highest BCUT2D eigenvalue weighted by Gasteiger charge is 2.15. The SMILES string of the molecule is CCOO[Si](=O)OOC(C)CC. The van der Waals surface area contributed by atoms with Gasteiger partial charge >= 0.3 is 9.17 Å². The van der Waals surface area contributed by atoms with Gasteiger partial charge in [0.15, 0.2) is 0 Å². The van der Waals surface area contributed by atoms with E-state index in [1.54, 1.807) is 13.8 Å². The number of rotatable bonds is 7. The first kappa shape index (κ1) is 11.5. The molecule has 1 atom stereocenters. The maximum atomic E-state index is 10.7. The normalized spacial score (nSPS) is 12.2. The Hall–Kier alpha value is -0.463. The van der Waals surface area contributed by atoms with Crippen molar-refractivity contribution in [3.8, 4) is 0 Å². The van der Waals surface area contributed by atoms with Gasteiger partial charge in [-0.05, 0) is 20.3 Å². The van der Waals surface area contributed by atoms with Gasteiger partial charge in [-0.2, -0.15) is 9.78 Å². The van der Waals surface area contributed by atoms with E-state index >= 15 is 0 Å². The lowest BCUT2D eigenvalue weighted by molar-refractivity contribution is -0.300. The summed E-state index contributed by atoms with van der Waals surface area (Å²) in [7, 11) is -2.65. The quantitative estimate of drug-likeness (QED) is 0.345. The van der Waals surface area contributed by atoms with Crippen molar-refractivity contribution in [1.82, 2.24) is 0 Å². The Labute approximate surface area is 73.3 Å². The molecule has 0 radical (unpaired) electrons. The highest BCUT2D eigenvalue weighted by Crippen LogP contribution is 1.96. The average Bonchev–Trinajstić information content (AvgIpc) is 2.10. The van der Waals surface area contributed by atoms with Crippen molar-refractivity contribution >= 4 is 9.17 Å². The van der Waals surface area contributed by atoms with Gasteiger partial charge in [0.1, 0.15) is 6.10 Å². The van der Waals surface area contributed by atoms with Gasteiger partial charge in [0.25, 0.3) is 0 Å². The predicted octanol–water partition coefficient (Wildman–Crippen LogP) is 1.12. The Morgan fingerprint density at radius 2 is 2.00 bits per heavy atom. The van der Waals surface area contributed by atoms with Crippen LogP contribution in [0.2, 0.25) is 0 Å². The molecule has 1 unspecified atom stereocenters. The third kappa shape index (κ3) is 6.26. The molecular weight excluding hydrogens is 180 g/mol. The molecule has 0 aromatic rings. The van der Waals surface area contributed by atoms with Gasteiger partial charge < -0.3 is 9.15 Å². The molecule has 12 heavy (non-hydrogen) atoms. The molecule has 0 fully saturated rings. The van der Waals surface area contributed by atoms with Crippen LogP contribution in [0, 0.1) is 0 Å². The lowest BCUT2D eigenvalue weighted by Gasteiger charge is -2.07. The Balaban J connectivity index is 3.31. The van der Waals surface area contributed by atoms with E-state index in [4.69, 9.17) is 0 Å².